The molecule has 7 heteroatoms. The predicted molar refractivity (Wildman–Crippen MR) is 54.4 cm³/mol. The van der Waals surface area contributed by atoms with Gasteiger partial charge in [0.05, 0.1) is 0 Å². The summed E-state index contributed by atoms with van der Waals surface area (Å²) in [5, 5.41) is 9.46. The van der Waals surface area contributed by atoms with Crippen molar-refractivity contribution in [1.82, 2.24) is 0 Å². The summed E-state index contributed by atoms with van der Waals surface area (Å²) >= 11 is 0. The third-order valence-electron chi connectivity index (χ3n) is 2.32. The molecule has 0 radical (unpaired) electrons. The van der Waals surface area contributed by atoms with E-state index in [2.05, 4.69) is 4.74 Å². The lowest BCUT2D eigenvalue weighted by atomic mass is 10.1. The Morgan fingerprint density at radius 1 is 1.39 bits per heavy atom. The Morgan fingerprint density at radius 2 is 2.17 bits per heavy atom. The predicted octanol–water partition coefficient (Wildman–Crippen LogP) is 2.03. The molecule has 1 aliphatic rings. The summed E-state index contributed by atoms with van der Waals surface area (Å²) in [4.78, 5) is 0. The quantitative estimate of drug-likeness (QED) is 0.667. The van der Waals surface area contributed by atoms with E-state index in [9.17, 15) is 18.3 Å². The first kappa shape index (κ1) is 13.0. The number of benzene rings is 1. The SMILES string of the molecule is OC1COc2cc(OCOCC(F)(F)F)ccc21. The molecule has 1 N–H and O–H groups in total. The van der Waals surface area contributed by atoms with Gasteiger partial charge in [-0.05, 0) is 12.1 Å². The van der Waals surface area contributed by atoms with Crippen molar-refractivity contribution in [2.45, 2.75) is 12.3 Å². The summed E-state index contributed by atoms with van der Waals surface area (Å²) in [6.07, 6.45) is -5.04. The van der Waals surface area contributed by atoms with Crippen molar-refractivity contribution >= 4 is 0 Å². The first-order chi connectivity index (χ1) is 8.46. The Hall–Kier alpha value is -1.47. The summed E-state index contributed by atoms with van der Waals surface area (Å²) in [6.45, 7) is -1.68. The van der Waals surface area contributed by atoms with E-state index in [-0.39, 0.29) is 6.61 Å². The van der Waals surface area contributed by atoms with E-state index in [0.29, 0.717) is 17.1 Å². The van der Waals surface area contributed by atoms with Crippen molar-refractivity contribution in [2.75, 3.05) is 20.0 Å². The minimum atomic E-state index is -4.37. The Morgan fingerprint density at radius 3 is 2.89 bits per heavy atom. The van der Waals surface area contributed by atoms with Gasteiger partial charge in [-0.3, -0.25) is 0 Å². The Kier molecular flexibility index (Phi) is 3.63. The number of hydrogen-bond donors (Lipinski definition) is 1. The van der Waals surface area contributed by atoms with Gasteiger partial charge < -0.3 is 19.3 Å². The van der Waals surface area contributed by atoms with E-state index < -0.39 is 25.7 Å². The van der Waals surface area contributed by atoms with E-state index in [1.165, 1.54) is 12.1 Å². The fourth-order valence-electron chi connectivity index (χ4n) is 1.53. The number of alkyl halides is 3. The molecule has 0 aromatic heterocycles. The minimum Gasteiger partial charge on any atom is -0.490 e. The minimum absolute atomic E-state index is 0.170. The molecule has 1 aromatic rings. The standard InChI is InChI=1S/C11H11F3O4/c12-11(13,14)5-16-6-18-7-1-2-8-9(15)4-17-10(8)3-7/h1-3,9,15H,4-6H2. The number of rotatable bonds is 4. The molecule has 100 valence electrons. The van der Waals surface area contributed by atoms with Gasteiger partial charge in [0.15, 0.2) is 6.79 Å². The number of fused-ring (bicyclic) bond motifs is 1. The van der Waals surface area contributed by atoms with Crippen LogP contribution in [0.15, 0.2) is 18.2 Å². The third-order valence-corrected chi connectivity index (χ3v) is 2.32. The molecule has 1 heterocycles. The van der Waals surface area contributed by atoms with Crippen LogP contribution in [-0.2, 0) is 4.74 Å². The van der Waals surface area contributed by atoms with Gasteiger partial charge in [-0.2, -0.15) is 13.2 Å². The first-order valence-electron chi connectivity index (χ1n) is 5.18. The van der Waals surface area contributed by atoms with Crippen molar-refractivity contribution in [3.05, 3.63) is 23.8 Å². The van der Waals surface area contributed by atoms with Crippen LogP contribution in [0.25, 0.3) is 0 Å². The Balaban J connectivity index is 1.84. The molecule has 1 unspecified atom stereocenters. The molecule has 0 saturated carbocycles. The topological polar surface area (TPSA) is 47.9 Å². The fourth-order valence-corrected chi connectivity index (χ4v) is 1.53. The largest absolute Gasteiger partial charge is 0.490 e. The second kappa shape index (κ2) is 5.03. The number of aliphatic hydroxyl groups is 1. The van der Waals surface area contributed by atoms with E-state index in [0.717, 1.165) is 0 Å². The van der Waals surface area contributed by atoms with Gasteiger partial charge >= 0.3 is 6.18 Å². The summed E-state index contributed by atoms with van der Waals surface area (Å²) in [5.74, 6) is 0.792. The van der Waals surface area contributed by atoms with E-state index in [1.54, 1.807) is 6.07 Å². The van der Waals surface area contributed by atoms with Gasteiger partial charge in [0, 0.05) is 11.6 Å². The zero-order valence-electron chi connectivity index (χ0n) is 9.24. The molecular weight excluding hydrogens is 253 g/mol. The van der Waals surface area contributed by atoms with Crippen molar-refractivity contribution < 1.29 is 32.5 Å². The van der Waals surface area contributed by atoms with Gasteiger partial charge in [0.2, 0.25) is 0 Å². The van der Waals surface area contributed by atoms with Crippen LogP contribution >= 0.6 is 0 Å². The lowest BCUT2D eigenvalue weighted by molar-refractivity contribution is -0.186. The summed E-state index contributed by atoms with van der Waals surface area (Å²) in [7, 11) is 0. The molecule has 1 atom stereocenters. The van der Waals surface area contributed by atoms with Crippen molar-refractivity contribution in [3.8, 4) is 11.5 Å². The van der Waals surface area contributed by atoms with Crippen molar-refractivity contribution in [2.24, 2.45) is 0 Å². The second-order valence-corrected chi connectivity index (χ2v) is 3.75. The smallest absolute Gasteiger partial charge is 0.411 e. The van der Waals surface area contributed by atoms with Crippen molar-refractivity contribution in [1.29, 1.82) is 0 Å². The number of aliphatic hydroxyl groups excluding tert-OH is 1. The van der Waals surface area contributed by atoms with Gasteiger partial charge in [-0.1, -0.05) is 0 Å². The number of hydrogen-bond acceptors (Lipinski definition) is 4. The van der Waals surface area contributed by atoms with E-state index >= 15 is 0 Å². The number of halogens is 3. The van der Waals surface area contributed by atoms with Gasteiger partial charge in [0.25, 0.3) is 0 Å². The molecule has 18 heavy (non-hydrogen) atoms. The van der Waals surface area contributed by atoms with Crippen LogP contribution in [0.2, 0.25) is 0 Å². The molecule has 4 nitrogen and oxygen atoms in total. The maximum atomic E-state index is 11.8. The average molecular weight is 264 g/mol. The highest BCUT2D eigenvalue weighted by Gasteiger charge is 2.27. The molecule has 0 saturated heterocycles. The van der Waals surface area contributed by atoms with Gasteiger partial charge in [0.1, 0.15) is 30.8 Å². The highest BCUT2D eigenvalue weighted by molar-refractivity contribution is 5.44. The van der Waals surface area contributed by atoms with Crippen LogP contribution in [-0.4, -0.2) is 31.3 Å². The Labute approximate surface area is 101 Å². The summed E-state index contributed by atoms with van der Waals surface area (Å²) in [6, 6.07) is 4.64. The highest BCUT2D eigenvalue weighted by Crippen LogP contribution is 2.35. The van der Waals surface area contributed by atoms with Gasteiger partial charge in [-0.25, -0.2) is 0 Å². The average Bonchev–Trinajstić information content (AvgIpc) is 2.65. The van der Waals surface area contributed by atoms with E-state index in [4.69, 9.17) is 9.47 Å². The zero-order chi connectivity index (χ0) is 13.2. The fraction of sp³-hybridized carbons (Fsp3) is 0.455. The van der Waals surface area contributed by atoms with Crippen molar-refractivity contribution in [3.63, 3.8) is 0 Å². The molecule has 0 amide bonds. The Bertz CT molecular complexity index is 419. The normalized spacial score (nSPS) is 18.3. The third kappa shape index (κ3) is 3.27. The van der Waals surface area contributed by atoms with Crippen LogP contribution in [0.1, 0.15) is 11.7 Å². The lowest BCUT2D eigenvalue weighted by Gasteiger charge is -2.10. The van der Waals surface area contributed by atoms with Crippen LogP contribution < -0.4 is 9.47 Å². The summed E-state index contributed by atoms with van der Waals surface area (Å²) in [5.41, 5.74) is 0.638. The van der Waals surface area contributed by atoms with Crippen LogP contribution in [0, 0.1) is 0 Å². The first-order valence-corrected chi connectivity index (χ1v) is 5.18. The lowest BCUT2D eigenvalue weighted by Crippen LogP contribution is -2.19. The molecule has 0 bridgehead atoms. The van der Waals surface area contributed by atoms with Crippen LogP contribution in [0.4, 0.5) is 13.2 Å². The molecule has 0 spiro atoms. The molecule has 2 rings (SSSR count). The molecular formula is C11H11F3O4. The monoisotopic (exact) mass is 264 g/mol. The number of ether oxygens (including phenoxy) is 3. The highest BCUT2D eigenvalue weighted by atomic mass is 19.4. The van der Waals surface area contributed by atoms with Crippen LogP contribution in [0.5, 0.6) is 11.5 Å². The van der Waals surface area contributed by atoms with Gasteiger partial charge in [-0.15, -0.1) is 0 Å². The summed E-state index contributed by atoms with van der Waals surface area (Å²) < 4.78 is 49.8. The maximum Gasteiger partial charge on any atom is 0.411 e. The molecule has 1 aromatic carbocycles. The van der Waals surface area contributed by atoms with Crippen LogP contribution in [0.3, 0.4) is 0 Å². The molecule has 1 aliphatic heterocycles. The molecule has 0 aliphatic carbocycles. The zero-order valence-corrected chi connectivity index (χ0v) is 9.24. The second-order valence-electron chi connectivity index (χ2n) is 3.75. The van der Waals surface area contributed by atoms with E-state index in [1.807, 2.05) is 0 Å². The maximum absolute atomic E-state index is 11.8. The molecule has 0 fully saturated rings.